The highest BCUT2D eigenvalue weighted by Crippen LogP contribution is 2.22. The summed E-state index contributed by atoms with van der Waals surface area (Å²) >= 11 is 0. The van der Waals surface area contributed by atoms with E-state index in [9.17, 15) is 4.79 Å². The Labute approximate surface area is 92.4 Å². The molecule has 2 saturated heterocycles. The molecule has 0 aliphatic carbocycles. The van der Waals surface area contributed by atoms with E-state index in [1.165, 1.54) is 19.4 Å². The summed E-state index contributed by atoms with van der Waals surface area (Å²) < 4.78 is 0. The van der Waals surface area contributed by atoms with E-state index in [0.29, 0.717) is 12.2 Å². The Hall–Kier alpha value is -0.410. The molecular formula is C12H22N2O. The molecular weight excluding hydrogens is 188 g/mol. The molecule has 0 aromatic rings. The zero-order valence-corrected chi connectivity index (χ0v) is 9.91. The highest BCUT2D eigenvalue weighted by molar-refractivity contribution is 5.83. The summed E-state index contributed by atoms with van der Waals surface area (Å²) in [6.07, 6.45) is 3.34. The number of piperazine rings is 1. The summed E-state index contributed by atoms with van der Waals surface area (Å²) in [5.41, 5.74) is 0. The van der Waals surface area contributed by atoms with Crippen molar-refractivity contribution in [3.05, 3.63) is 0 Å². The molecule has 15 heavy (non-hydrogen) atoms. The highest BCUT2D eigenvalue weighted by atomic mass is 16.1. The zero-order chi connectivity index (χ0) is 10.8. The monoisotopic (exact) mass is 210 g/mol. The maximum absolute atomic E-state index is 11.6. The van der Waals surface area contributed by atoms with Gasteiger partial charge in [-0.3, -0.25) is 14.6 Å². The topological polar surface area (TPSA) is 23.6 Å². The lowest BCUT2D eigenvalue weighted by Crippen LogP contribution is -2.54. The largest absolute Gasteiger partial charge is 0.298 e. The molecule has 2 fully saturated rings. The molecule has 3 nitrogen and oxygen atoms in total. The van der Waals surface area contributed by atoms with E-state index in [2.05, 4.69) is 16.7 Å². The van der Waals surface area contributed by atoms with Gasteiger partial charge < -0.3 is 0 Å². The van der Waals surface area contributed by atoms with Crippen LogP contribution in [-0.4, -0.2) is 53.8 Å². The van der Waals surface area contributed by atoms with Crippen LogP contribution in [0.3, 0.4) is 0 Å². The molecule has 0 saturated carbocycles. The van der Waals surface area contributed by atoms with E-state index in [1.54, 1.807) is 0 Å². The number of ketones is 1. The summed E-state index contributed by atoms with van der Waals surface area (Å²) in [7, 11) is 0. The Kier molecular flexibility index (Phi) is 3.42. The predicted molar refractivity (Wildman–Crippen MR) is 60.9 cm³/mol. The first-order valence-electron chi connectivity index (χ1n) is 6.23. The van der Waals surface area contributed by atoms with E-state index in [0.717, 1.165) is 25.7 Å². The fraction of sp³-hybridized carbons (Fsp3) is 0.917. The molecule has 0 bridgehead atoms. The third-order valence-electron chi connectivity index (χ3n) is 3.98. The molecule has 0 radical (unpaired) electrons. The minimum atomic E-state index is 0.137. The molecule has 0 aromatic heterocycles. The van der Waals surface area contributed by atoms with Crippen LogP contribution in [0.5, 0.6) is 0 Å². The lowest BCUT2D eigenvalue weighted by molar-refractivity contribution is -0.124. The molecule has 0 N–H and O–H groups in total. The Morgan fingerprint density at radius 2 is 2.20 bits per heavy atom. The van der Waals surface area contributed by atoms with Gasteiger partial charge in [0.25, 0.3) is 0 Å². The Morgan fingerprint density at radius 1 is 1.40 bits per heavy atom. The van der Waals surface area contributed by atoms with Gasteiger partial charge in [0.1, 0.15) is 5.78 Å². The summed E-state index contributed by atoms with van der Waals surface area (Å²) in [5.74, 6) is 0.390. The minimum absolute atomic E-state index is 0.137. The van der Waals surface area contributed by atoms with Crippen molar-refractivity contribution < 1.29 is 4.79 Å². The molecule has 3 heteroatoms. The van der Waals surface area contributed by atoms with Gasteiger partial charge in [0.05, 0.1) is 6.04 Å². The molecule has 2 heterocycles. The van der Waals surface area contributed by atoms with Crippen molar-refractivity contribution >= 4 is 5.78 Å². The van der Waals surface area contributed by atoms with Crippen LogP contribution in [0.25, 0.3) is 0 Å². The van der Waals surface area contributed by atoms with Crippen LogP contribution in [0.2, 0.25) is 0 Å². The molecule has 0 amide bonds. The van der Waals surface area contributed by atoms with Gasteiger partial charge >= 0.3 is 0 Å². The van der Waals surface area contributed by atoms with Gasteiger partial charge in [0, 0.05) is 32.1 Å². The van der Waals surface area contributed by atoms with E-state index < -0.39 is 0 Å². The number of hydrogen-bond donors (Lipinski definition) is 0. The van der Waals surface area contributed by atoms with Gasteiger partial charge in [-0.25, -0.2) is 0 Å². The fourth-order valence-corrected chi connectivity index (χ4v) is 2.87. The van der Waals surface area contributed by atoms with Crippen molar-refractivity contribution in [3.8, 4) is 0 Å². The lowest BCUT2D eigenvalue weighted by Gasteiger charge is -2.40. The summed E-state index contributed by atoms with van der Waals surface area (Å²) in [4.78, 5) is 16.6. The molecule has 2 aliphatic heterocycles. The first kappa shape index (κ1) is 11.1. The van der Waals surface area contributed by atoms with E-state index >= 15 is 0 Å². The summed E-state index contributed by atoms with van der Waals surface area (Å²) in [6, 6.07) is 0.864. The zero-order valence-electron chi connectivity index (χ0n) is 9.91. The smallest absolute Gasteiger partial charge is 0.149 e. The number of rotatable bonds is 3. The standard InChI is InChI=1S/C12H22N2O/c1-3-12(15)10(2)14-8-7-13-6-4-5-11(13)9-14/h10-11H,3-9H2,1-2H3. The summed E-state index contributed by atoms with van der Waals surface area (Å²) in [5, 5.41) is 0. The second-order valence-electron chi connectivity index (χ2n) is 4.82. The van der Waals surface area contributed by atoms with Crippen LogP contribution in [0.4, 0.5) is 0 Å². The molecule has 0 spiro atoms. The Balaban J connectivity index is 1.92. The summed E-state index contributed by atoms with van der Waals surface area (Å²) in [6.45, 7) is 8.64. The normalized spacial score (nSPS) is 30.1. The highest BCUT2D eigenvalue weighted by Gasteiger charge is 2.33. The Morgan fingerprint density at radius 3 is 2.93 bits per heavy atom. The van der Waals surface area contributed by atoms with Gasteiger partial charge in [-0.2, -0.15) is 0 Å². The van der Waals surface area contributed by atoms with Crippen LogP contribution in [0.1, 0.15) is 33.1 Å². The van der Waals surface area contributed by atoms with Gasteiger partial charge in [-0.1, -0.05) is 6.92 Å². The van der Waals surface area contributed by atoms with Crippen LogP contribution in [0.15, 0.2) is 0 Å². The molecule has 2 aliphatic rings. The minimum Gasteiger partial charge on any atom is -0.298 e. The van der Waals surface area contributed by atoms with Gasteiger partial charge in [0.2, 0.25) is 0 Å². The average Bonchev–Trinajstić information content (AvgIpc) is 2.73. The van der Waals surface area contributed by atoms with Crippen LogP contribution in [0, 0.1) is 0 Å². The van der Waals surface area contributed by atoms with Crippen molar-refractivity contribution in [2.24, 2.45) is 0 Å². The number of Topliss-reactive ketones (excluding diaryl/α,β-unsaturated/α-hetero) is 1. The predicted octanol–water partition coefficient (Wildman–Crippen LogP) is 1.13. The van der Waals surface area contributed by atoms with Crippen molar-refractivity contribution in [1.82, 2.24) is 9.80 Å². The number of fused-ring (bicyclic) bond motifs is 1. The van der Waals surface area contributed by atoms with Crippen molar-refractivity contribution in [1.29, 1.82) is 0 Å². The molecule has 86 valence electrons. The number of carbonyl (C=O) groups excluding carboxylic acids is 1. The van der Waals surface area contributed by atoms with Crippen LogP contribution < -0.4 is 0 Å². The van der Waals surface area contributed by atoms with E-state index in [4.69, 9.17) is 0 Å². The first-order valence-corrected chi connectivity index (χ1v) is 6.23. The Bertz CT molecular complexity index is 242. The number of nitrogens with zero attached hydrogens (tertiary/aromatic N) is 2. The fourth-order valence-electron chi connectivity index (χ4n) is 2.87. The van der Waals surface area contributed by atoms with Crippen molar-refractivity contribution in [3.63, 3.8) is 0 Å². The van der Waals surface area contributed by atoms with Crippen LogP contribution in [-0.2, 0) is 4.79 Å². The average molecular weight is 210 g/mol. The van der Waals surface area contributed by atoms with E-state index in [-0.39, 0.29) is 6.04 Å². The first-order chi connectivity index (χ1) is 7.22. The second-order valence-corrected chi connectivity index (χ2v) is 4.82. The third-order valence-corrected chi connectivity index (χ3v) is 3.98. The SMILES string of the molecule is CCC(=O)C(C)N1CCN2CCCC2C1. The molecule has 2 rings (SSSR count). The van der Waals surface area contributed by atoms with Gasteiger partial charge in [-0.05, 0) is 26.3 Å². The van der Waals surface area contributed by atoms with Crippen molar-refractivity contribution in [2.45, 2.75) is 45.2 Å². The quantitative estimate of drug-likeness (QED) is 0.698. The van der Waals surface area contributed by atoms with Gasteiger partial charge in [0.15, 0.2) is 0 Å². The van der Waals surface area contributed by atoms with Gasteiger partial charge in [-0.15, -0.1) is 0 Å². The molecule has 2 atom stereocenters. The van der Waals surface area contributed by atoms with Crippen LogP contribution >= 0.6 is 0 Å². The number of hydrogen-bond acceptors (Lipinski definition) is 3. The molecule has 0 aromatic carbocycles. The second kappa shape index (κ2) is 4.62. The maximum atomic E-state index is 11.6. The van der Waals surface area contributed by atoms with E-state index in [1.807, 2.05) is 6.92 Å². The number of carbonyl (C=O) groups is 1. The maximum Gasteiger partial charge on any atom is 0.149 e. The lowest BCUT2D eigenvalue weighted by atomic mass is 10.1. The van der Waals surface area contributed by atoms with Crippen molar-refractivity contribution in [2.75, 3.05) is 26.2 Å². The third kappa shape index (κ3) is 2.23. The molecule has 2 unspecified atom stereocenters.